The molecule has 0 unspecified atom stereocenters. The summed E-state index contributed by atoms with van der Waals surface area (Å²) in [6.45, 7) is 7.64. The molecule has 1 fully saturated rings. The SMILES string of the molecule is CC(C)(C)c1ccc(COC(=O)c2cccc(S(=O)(=O)N3CCCCC3)c2)cc1. The second-order valence-corrected chi connectivity index (χ2v) is 10.5. The predicted octanol–water partition coefficient (Wildman–Crippen LogP) is 4.52. The van der Waals surface area contributed by atoms with Gasteiger partial charge < -0.3 is 4.74 Å². The minimum absolute atomic E-state index is 0.0650. The second kappa shape index (κ2) is 8.67. The first-order chi connectivity index (χ1) is 13.7. The molecule has 5 nitrogen and oxygen atoms in total. The highest BCUT2D eigenvalue weighted by atomic mass is 32.2. The highest BCUT2D eigenvalue weighted by molar-refractivity contribution is 7.89. The van der Waals surface area contributed by atoms with Gasteiger partial charge in [0.05, 0.1) is 10.5 Å². The highest BCUT2D eigenvalue weighted by Gasteiger charge is 2.26. The molecule has 2 aromatic carbocycles. The van der Waals surface area contributed by atoms with E-state index in [1.54, 1.807) is 12.1 Å². The molecule has 0 saturated carbocycles. The maximum absolute atomic E-state index is 12.8. The van der Waals surface area contributed by atoms with Crippen LogP contribution in [0.2, 0.25) is 0 Å². The first-order valence-corrected chi connectivity index (χ1v) is 11.5. The van der Waals surface area contributed by atoms with Gasteiger partial charge >= 0.3 is 5.97 Å². The van der Waals surface area contributed by atoms with Crippen LogP contribution in [-0.2, 0) is 26.8 Å². The summed E-state index contributed by atoms with van der Waals surface area (Å²) in [5.41, 5.74) is 2.41. The summed E-state index contributed by atoms with van der Waals surface area (Å²) in [6.07, 6.45) is 2.79. The van der Waals surface area contributed by atoms with Crippen molar-refractivity contribution in [2.45, 2.75) is 57.0 Å². The number of carbonyl (C=O) groups is 1. The Morgan fingerprint density at radius 3 is 2.28 bits per heavy atom. The van der Waals surface area contributed by atoms with Gasteiger partial charge in [-0.25, -0.2) is 13.2 Å². The molecule has 1 heterocycles. The van der Waals surface area contributed by atoms with Crippen LogP contribution in [0.25, 0.3) is 0 Å². The number of benzene rings is 2. The fraction of sp³-hybridized carbons (Fsp3) is 0.435. The Balaban J connectivity index is 1.68. The molecule has 1 saturated heterocycles. The molecule has 3 rings (SSSR count). The van der Waals surface area contributed by atoms with E-state index in [9.17, 15) is 13.2 Å². The first-order valence-electron chi connectivity index (χ1n) is 10.0. The number of rotatable bonds is 5. The van der Waals surface area contributed by atoms with Crippen LogP contribution in [0, 0.1) is 0 Å². The molecular formula is C23H29NO4S. The largest absolute Gasteiger partial charge is 0.457 e. The van der Waals surface area contributed by atoms with Crippen LogP contribution in [0.5, 0.6) is 0 Å². The third kappa shape index (κ3) is 5.25. The van der Waals surface area contributed by atoms with Gasteiger partial charge in [-0.1, -0.05) is 57.5 Å². The van der Waals surface area contributed by atoms with Crippen LogP contribution in [0.15, 0.2) is 53.4 Å². The number of hydrogen-bond acceptors (Lipinski definition) is 4. The Morgan fingerprint density at radius 2 is 1.66 bits per heavy atom. The second-order valence-electron chi connectivity index (χ2n) is 8.52. The minimum atomic E-state index is -3.58. The molecule has 2 aromatic rings. The van der Waals surface area contributed by atoms with Gasteiger partial charge in [-0.15, -0.1) is 0 Å². The van der Waals surface area contributed by atoms with E-state index in [1.807, 2.05) is 24.3 Å². The Labute approximate surface area is 173 Å². The van der Waals surface area contributed by atoms with E-state index in [-0.39, 0.29) is 22.5 Å². The van der Waals surface area contributed by atoms with Gasteiger partial charge in [-0.2, -0.15) is 4.31 Å². The maximum atomic E-state index is 12.8. The van der Waals surface area contributed by atoms with Crippen molar-refractivity contribution < 1.29 is 17.9 Å². The number of sulfonamides is 1. The van der Waals surface area contributed by atoms with Crippen LogP contribution < -0.4 is 0 Å². The summed E-state index contributed by atoms with van der Waals surface area (Å²) in [6, 6.07) is 14.1. The third-order valence-electron chi connectivity index (χ3n) is 5.21. The lowest BCUT2D eigenvalue weighted by Gasteiger charge is -2.25. The number of ether oxygens (including phenoxy) is 1. The van der Waals surface area contributed by atoms with Crippen molar-refractivity contribution in [2.75, 3.05) is 13.1 Å². The molecule has 0 aromatic heterocycles. The lowest BCUT2D eigenvalue weighted by Crippen LogP contribution is -2.35. The van der Waals surface area contributed by atoms with Crippen molar-refractivity contribution in [3.05, 3.63) is 65.2 Å². The molecule has 0 radical (unpaired) electrons. The molecule has 0 atom stereocenters. The van der Waals surface area contributed by atoms with E-state index in [4.69, 9.17) is 4.74 Å². The molecular weight excluding hydrogens is 386 g/mol. The lowest BCUT2D eigenvalue weighted by atomic mass is 9.87. The molecule has 0 spiro atoms. The summed E-state index contributed by atoms with van der Waals surface area (Å²) in [4.78, 5) is 12.6. The van der Waals surface area contributed by atoms with Crippen LogP contribution in [0.3, 0.4) is 0 Å². The summed E-state index contributed by atoms with van der Waals surface area (Å²) >= 11 is 0. The summed E-state index contributed by atoms with van der Waals surface area (Å²) < 4.78 is 32.6. The lowest BCUT2D eigenvalue weighted by molar-refractivity contribution is 0.0472. The fourth-order valence-electron chi connectivity index (χ4n) is 3.37. The average Bonchev–Trinajstić information content (AvgIpc) is 2.72. The summed E-state index contributed by atoms with van der Waals surface area (Å²) in [5, 5.41) is 0. The normalized spacial score (nSPS) is 15.8. The van der Waals surface area contributed by atoms with Gasteiger partial charge in [0.1, 0.15) is 6.61 Å². The average molecular weight is 416 g/mol. The minimum Gasteiger partial charge on any atom is -0.457 e. The van der Waals surface area contributed by atoms with Crippen LogP contribution in [0.4, 0.5) is 0 Å². The Kier molecular flexibility index (Phi) is 6.44. The Bertz CT molecular complexity index is 953. The standard InChI is InChI=1S/C23H29NO4S/c1-23(2,3)20-12-10-18(11-13-20)17-28-22(25)19-8-7-9-21(16-19)29(26,27)24-14-5-4-6-15-24/h7-13,16H,4-6,14-15,17H2,1-3H3. The molecule has 0 amide bonds. The van der Waals surface area contributed by atoms with Gasteiger partial charge in [0.25, 0.3) is 0 Å². The van der Waals surface area contributed by atoms with E-state index in [0.29, 0.717) is 13.1 Å². The zero-order valence-corrected chi connectivity index (χ0v) is 18.2. The van der Waals surface area contributed by atoms with Gasteiger partial charge in [-0.3, -0.25) is 0 Å². The molecule has 0 bridgehead atoms. The quantitative estimate of drug-likeness (QED) is 0.674. The summed E-state index contributed by atoms with van der Waals surface area (Å²) in [5.74, 6) is -0.527. The predicted molar refractivity (Wildman–Crippen MR) is 113 cm³/mol. The van der Waals surface area contributed by atoms with Crippen molar-refractivity contribution in [2.24, 2.45) is 0 Å². The van der Waals surface area contributed by atoms with Gasteiger partial charge in [-0.05, 0) is 47.6 Å². The highest BCUT2D eigenvalue weighted by Crippen LogP contribution is 2.23. The van der Waals surface area contributed by atoms with E-state index in [1.165, 1.54) is 22.0 Å². The molecule has 156 valence electrons. The van der Waals surface area contributed by atoms with E-state index >= 15 is 0 Å². The van der Waals surface area contributed by atoms with Crippen molar-refractivity contribution in [1.82, 2.24) is 4.31 Å². The van der Waals surface area contributed by atoms with Gasteiger partial charge in [0.2, 0.25) is 10.0 Å². The van der Waals surface area contributed by atoms with E-state index in [0.717, 1.165) is 24.8 Å². The smallest absolute Gasteiger partial charge is 0.338 e. The zero-order chi connectivity index (χ0) is 21.1. The molecule has 1 aliphatic heterocycles. The Hall–Kier alpha value is -2.18. The van der Waals surface area contributed by atoms with E-state index in [2.05, 4.69) is 20.8 Å². The molecule has 1 aliphatic rings. The van der Waals surface area contributed by atoms with Crippen LogP contribution in [-0.4, -0.2) is 31.8 Å². The van der Waals surface area contributed by atoms with Gasteiger partial charge in [0.15, 0.2) is 0 Å². The number of hydrogen-bond donors (Lipinski definition) is 0. The number of nitrogens with zero attached hydrogens (tertiary/aromatic N) is 1. The van der Waals surface area contributed by atoms with Crippen LogP contribution >= 0.6 is 0 Å². The Morgan fingerprint density at radius 1 is 1.00 bits per heavy atom. The fourth-order valence-corrected chi connectivity index (χ4v) is 4.93. The monoisotopic (exact) mass is 415 g/mol. The van der Waals surface area contributed by atoms with Crippen molar-refractivity contribution in [3.63, 3.8) is 0 Å². The molecule has 6 heteroatoms. The number of carbonyl (C=O) groups excluding carboxylic acids is 1. The first kappa shape index (κ1) is 21.5. The summed E-state index contributed by atoms with van der Waals surface area (Å²) in [7, 11) is -3.58. The zero-order valence-electron chi connectivity index (χ0n) is 17.3. The van der Waals surface area contributed by atoms with Crippen LogP contribution in [0.1, 0.15) is 61.5 Å². The number of piperidine rings is 1. The van der Waals surface area contributed by atoms with Crippen molar-refractivity contribution in [1.29, 1.82) is 0 Å². The van der Waals surface area contributed by atoms with E-state index < -0.39 is 16.0 Å². The van der Waals surface area contributed by atoms with Gasteiger partial charge in [0, 0.05) is 13.1 Å². The third-order valence-corrected chi connectivity index (χ3v) is 7.11. The van der Waals surface area contributed by atoms with Crippen molar-refractivity contribution in [3.8, 4) is 0 Å². The maximum Gasteiger partial charge on any atom is 0.338 e. The molecule has 0 aliphatic carbocycles. The van der Waals surface area contributed by atoms with Crippen molar-refractivity contribution >= 4 is 16.0 Å². The molecule has 29 heavy (non-hydrogen) atoms. The number of esters is 1. The molecule has 0 N–H and O–H groups in total. The topological polar surface area (TPSA) is 63.7 Å².